The molecule has 0 fully saturated rings. The number of amides is 3. The molecule has 0 spiro atoms. The summed E-state index contributed by atoms with van der Waals surface area (Å²) < 4.78 is 10.5. The third kappa shape index (κ3) is 5.38. The normalized spacial score (nSPS) is 14.4. The lowest BCUT2D eigenvalue weighted by Gasteiger charge is -2.28. The molecule has 4 aromatic rings. The number of nitrogens with two attached hydrogens (primary N) is 1. The molecule has 210 valence electrons. The SMILES string of the molecule is NC(=O)C(CN(Cc1cccc2ncccc12)C(=O)c1ccc2c(c1)B(O)OC2)NC(=O)c1ccc2c(c1)B(O)OC2. The van der Waals surface area contributed by atoms with Gasteiger partial charge >= 0.3 is 14.2 Å². The van der Waals surface area contributed by atoms with Gasteiger partial charge in [0, 0.05) is 29.3 Å². The first-order chi connectivity index (χ1) is 20.3. The Kier molecular flexibility index (Phi) is 7.48. The zero-order valence-electron chi connectivity index (χ0n) is 22.4. The number of hydrogen-bond donors (Lipinski definition) is 4. The van der Waals surface area contributed by atoms with Crippen molar-refractivity contribution < 1.29 is 33.7 Å². The summed E-state index contributed by atoms with van der Waals surface area (Å²) in [4.78, 5) is 45.6. The van der Waals surface area contributed by atoms with E-state index in [4.69, 9.17) is 15.0 Å². The lowest BCUT2D eigenvalue weighted by atomic mass is 9.78. The molecule has 1 unspecified atom stereocenters. The van der Waals surface area contributed by atoms with E-state index in [0.29, 0.717) is 10.9 Å². The topological polar surface area (TPSA) is 164 Å². The second kappa shape index (κ2) is 11.4. The van der Waals surface area contributed by atoms with Crippen molar-refractivity contribution in [3.63, 3.8) is 0 Å². The summed E-state index contributed by atoms with van der Waals surface area (Å²) in [5.41, 5.74) is 10.2. The van der Waals surface area contributed by atoms with Gasteiger partial charge in [0.2, 0.25) is 5.91 Å². The Morgan fingerprint density at radius 3 is 2.29 bits per heavy atom. The number of aromatic nitrogens is 1. The molecule has 0 aliphatic carbocycles. The van der Waals surface area contributed by atoms with Crippen molar-refractivity contribution in [2.24, 2.45) is 5.73 Å². The Morgan fingerprint density at radius 1 is 0.929 bits per heavy atom. The van der Waals surface area contributed by atoms with E-state index in [1.807, 2.05) is 24.3 Å². The minimum atomic E-state index is -1.24. The van der Waals surface area contributed by atoms with E-state index in [1.54, 1.807) is 42.6 Å². The van der Waals surface area contributed by atoms with Gasteiger partial charge in [-0.05, 0) is 64.0 Å². The molecular formula is C29H26B2N4O7. The lowest BCUT2D eigenvalue weighted by molar-refractivity contribution is -0.120. The highest BCUT2D eigenvalue weighted by atomic mass is 16.5. The number of hydrogen-bond acceptors (Lipinski definition) is 8. The van der Waals surface area contributed by atoms with Gasteiger partial charge in [-0.15, -0.1) is 0 Å². The van der Waals surface area contributed by atoms with E-state index < -0.39 is 38.0 Å². The van der Waals surface area contributed by atoms with Crippen molar-refractivity contribution in [1.82, 2.24) is 15.2 Å². The Bertz CT molecular complexity index is 1710. The zero-order valence-corrected chi connectivity index (χ0v) is 22.4. The Labute approximate surface area is 241 Å². The summed E-state index contributed by atoms with van der Waals surface area (Å²) >= 11 is 0. The van der Waals surface area contributed by atoms with Crippen LogP contribution in [0.3, 0.4) is 0 Å². The molecule has 0 saturated carbocycles. The largest absolute Gasteiger partial charge is 0.491 e. The second-order valence-electron chi connectivity index (χ2n) is 10.3. The molecule has 3 amide bonds. The van der Waals surface area contributed by atoms with Crippen LogP contribution in [0.2, 0.25) is 0 Å². The third-order valence-corrected chi connectivity index (χ3v) is 7.56. The monoisotopic (exact) mass is 564 g/mol. The van der Waals surface area contributed by atoms with E-state index in [2.05, 4.69) is 10.3 Å². The standard InChI is InChI=1S/C29H26B2N4O7/c32-27(36)26(34-28(37)17-6-8-20-15-41-30(39)23(20)11-17)14-35(13-19-3-1-5-25-22(19)4-2-10-33-25)29(38)18-7-9-21-16-42-31(40)24(21)12-18/h1-12,26,39-40H,13-16H2,(H2,32,36)(H,34,37). The molecule has 11 nitrogen and oxygen atoms in total. The maximum atomic E-state index is 14.0. The highest BCUT2D eigenvalue weighted by molar-refractivity contribution is 6.62. The first kappa shape index (κ1) is 27.6. The van der Waals surface area contributed by atoms with Crippen LogP contribution < -0.4 is 22.0 Å². The summed E-state index contributed by atoms with van der Waals surface area (Å²) in [6, 6.07) is 17.7. The zero-order chi connectivity index (χ0) is 29.4. The summed E-state index contributed by atoms with van der Waals surface area (Å²) in [5.74, 6) is -1.86. The molecule has 0 bridgehead atoms. The van der Waals surface area contributed by atoms with Crippen molar-refractivity contribution in [3.8, 4) is 0 Å². The molecule has 6 rings (SSSR count). The van der Waals surface area contributed by atoms with E-state index >= 15 is 0 Å². The van der Waals surface area contributed by atoms with Gasteiger partial charge in [-0.2, -0.15) is 0 Å². The number of pyridine rings is 1. The quantitative estimate of drug-likeness (QED) is 0.210. The molecule has 0 saturated heterocycles. The van der Waals surface area contributed by atoms with Crippen LogP contribution in [-0.2, 0) is 33.9 Å². The molecule has 1 atom stereocenters. The Balaban J connectivity index is 1.31. The molecular weight excluding hydrogens is 538 g/mol. The van der Waals surface area contributed by atoms with Crippen LogP contribution in [0.5, 0.6) is 0 Å². The predicted octanol–water partition coefficient (Wildman–Crippen LogP) is -0.403. The number of fused-ring (bicyclic) bond motifs is 3. The molecule has 1 aromatic heterocycles. The summed E-state index contributed by atoms with van der Waals surface area (Å²) in [7, 11) is -2.28. The maximum Gasteiger partial charge on any atom is 0.491 e. The average molecular weight is 564 g/mol. The summed E-state index contributed by atoms with van der Waals surface area (Å²) in [5, 5.41) is 23.7. The summed E-state index contributed by atoms with van der Waals surface area (Å²) in [6.45, 7) is 0.317. The fourth-order valence-corrected chi connectivity index (χ4v) is 5.28. The Hall–Kier alpha value is -4.55. The minimum Gasteiger partial charge on any atom is -0.423 e. The number of nitrogens with zero attached hydrogens (tertiary/aromatic N) is 2. The first-order valence-corrected chi connectivity index (χ1v) is 13.4. The number of nitrogens with one attached hydrogen (secondary N) is 1. The molecule has 0 radical (unpaired) electrons. The van der Waals surface area contributed by atoms with Crippen LogP contribution in [-0.4, -0.2) is 64.5 Å². The van der Waals surface area contributed by atoms with E-state index in [9.17, 15) is 24.4 Å². The van der Waals surface area contributed by atoms with Gasteiger partial charge in [0.25, 0.3) is 11.8 Å². The molecule has 3 heterocycles. The van der Waals surface area contributed by atoms with Crippen LogP contribution in [0, 0.1) is 0 Å². The second-order valence-corrected chi connectivity index (χ2v) is 10.3. The van der Waals surface area contributed by atoms with Crippen molar-refractivity contribution >= 4 is 53.8 Å². The fraction of sp³-hybridized carbons (Fsp3) is 0.172. The molecule has 2 aliphatic heterocycles. The highest BCUT2D eigenvalue weighted by Crippen LogP contribution is 2.21. The third-order valence-electron chi connectivity index (χ3n) is 7.56. The first-order valence-electron chi connectivity index (χ1n) is 13.4. The van der Waals surface area contributed by atoms with Crippen LogP contribution in [0.15, 0.2) is 72.9 Å². The smallest absolute Gasteiger partial charge is 0.423 e. The molecule has 5 N–H and O–H groups in total. The molecule has 13 heteroatoms. The maximum absolute atomic E-state index is 14.0. The van der Waals surface area contributed by atoms with Gasteiger partial charge in [0.15, 0.2) is 0 Å². The van der Waals surface area contributed by atoms with Gasteiger partial charge in [-0.1, -0.05) is 30.3 Å². The lowest BCUT2D eigenvalue weighted by Crippen LogP contribution is -2.52. The number of benzene rings is 3. The van der Waals surface area contributed by atoms with Crippen LogP contribution in [0.25, 0.3) is 10.9 Å². The Morgan fingerprint density at radius 2 is 1.60 bits per heavy atom. The van der Waals surface area contributed by atoms with Crippen molar-refractivity contribution in [1.29, 1.82) is 0 Å². The van der Waals surface area contributed by atoms with Crippen LogP contribution in [0.4, 0.5) is 0 Å². The number of rotatable bonds is 8. The number of primary amides is 1. The molecule has 42 heavy (non-hydrogen) atoms. The van der Waals surface area contributed by atoms with Crippen molar-refractivity contribution in [2.45, 2.75) is 25.8 Å². The average Bonchev–Trinajstić information content (AvgIpc) is 3.57. The van der Waals surface area contributed by atoms with Crippen molar-refractivity contribution in [3.05, 3.63) is 101 Å². The minimum absolute atomic E-state index is 0.0834. The number of carbonyl (C=O) groups excluding carboxylic acids is 3. The number of carbonyl (C=O) groups is 3. The van der Waals surface area contributed by atoms with E-state index in [1.165, 1.54) is 11.0 Å². The summed E-state index contributed by atoms with van der Waals surface area (Å²) in [6.07, 6.45) is 1.68. The van der Waals surface area contributed by atoms with Gasteiger partial charge in [-0.25, -0.2) is 0 Å². The van der Waals surface area contributed by atoms with Gasteiger partial charge in [-0.3, -0.25) is 19.4 Å². The fourth-order valence-electron chi connectivity index (χ4n) is 5.28. The van der Waals surface area contributed by atoms with E-state index in [0.717, 1.165) is 27.6 Å². The van der Waals surface area contributed by atoms with E-state index in [-0.39, 0.29) is 37.4 Å². The van der Waals surface area contributed by atoms with Gasteiger partial charge in [0.05, 0.1) is 25.3 Å². The van der Waals surface area contributed by atoms with Crippen LogP contribution >= 0.6 is 0 Å². The predicted molar refractivity (Wildman–Crippen MR) is 155 cm³/mol. The molecule has 2 aliphatic rings. The molecule has 3 aromatic carbocycles. The highest BCUT2D eigenvalue weighted by Gasteiger charge is 2.32. The van der Waals surface area contributed by atoms with Crippen molar-refractivity contribution in [2.75, 3.05) is 6.54 Å². The van der Waals surface area contributed by atoms with Crippen LogP contribution in [0.1, 0.15) is 37.4 Å². The van der Waals surface area contributed by atoms with Gasteiger partial charge < -0.3 is 35.3 Å². The van der Waals surface area contributed by atoms with Gasteiger partial charge in [0.1, 0.15) is 6.04 Å².